The van der Waals surface area contributed by atoms with E-state index in [-0.39, 0.29) is 11.8 Å². The maximum atomic E-state index is 12.8. The topological polar surface area (TPSA) is 69.3 Å². The Balaban J connectivity index is 1.63. The molecule has 1 N–H and O–H groups in total. The first-order chi connectivity index (χ1) is 12.1. The summed E-state index contributed by atoms with van der Waals surface area (Å²) in [6.45, 7) is 6.58. The van der Waals surface area contributed by atoms with Crippen molar-refractivity contribution in [3.63, 3.8) is 0 Å². The van der Waals surface area contributed by atoms with Gasteiger partial charge in [-0.05, 0) is 24.6 Å². The summed E-state index contributed by atoms with van der Waals surface area (Å²) >= 11 is 0. The molecule has 1 fully saturated rings. The number of aromatic nitrogens is 2. The van der Waals surface area contributed by atoms with Crippen LogP contribution in [0.5, 0.6) is 0 Å². The number of rotatable bonds is 5. The molecule has 134 valence electrons. The number of H-pyrrole nitrogens is 1. The van der Waals surface area contributed by atoms with Crippen molar-refractivity contribution in [3.8, 4) is 0 Å². The lowest BCUT2D eigenvalue weighted by Crippen LogP contribution is -2.50. The maximum absolute atomic E-state index is 12.8. The Morgan fingerprint density at radius 1 is 1.12 bits per heavy atom. The minimum atomic E-state index is 0.0233. The SMILES string of the molecule is CCCCC(=O)N1CCN(C(=O)c2ccc3nc(CC)[nH]c3c2)CC1. The quantitative estimate of drug-likeness (QED) is 0.908. The Kier molecular flexibility index (Phi) is 5.36. The van der Waals surface area contributed by atoms with E-state index in [4.69, 9.17) is 0 Å². The Labute approximate surface area is 148 Å². The summed E-state index contributed by atoms with van der Waals surface area (Å²) in [5.41, 5.74) is 2.46. The molecule has 25 heavy (non-hydrogen) atoms. The predicted molar refractivity (Wildman–Crippen MR) is 97.5 cm³/mol. The molecule has 0 unspecified atom stereocenters. The number of amides is 2. The number of aryl methyl sites for hydroxylation is 1. The summed E-state index contributed by atoms with van der Waals surface area (Å²) in [7, 11) is 0. The second-order valence-corrected chi connectivity index (χ2v) is 6.55. The number of hydrogen-bond acceptors (Lipinski definition) is 3. The number of nitrogens with zero attached hydrogens (tertiary/aromatic N) is 3. The van der Waals surface area contributed by atoms with Gasteiger partial charge in [-0.15, -0.1) is 0 Å². The number of piperazine rings is 1. The van der Waals surface area contributed by atoms with Crippen LogP contribution in [-0.4, -0.2) is 57.8 Å². The number of unbranched alkanes of at least 4 members (excludes halogenated alkanes) is 1. The highest BCUT2D eigenvalue weighted by Crippen LogP contribution is 2.17. The van der Waals surface area contributed by atoms with Gasteiger partial charge in [0.2, 0.25) is 5.91 Å². The summed E-state index contributed by atoms with van der Waals surface area (Å²) in [4.78, 5) is 36.3. The molecule has 2 amide bonds. The van der Waals surface area contributed by atoms with E-state index in [2.05, 4.69) is 16.9 Å². The van der Waals surface area contributed by atoms with Gasteiger partial charge >= 0.3 is 0 Å². The molecule has 0 spiro atoms. The van der Waals surface area contributed by atoms with Crippen molar-refractivity contribution in [3.05, 3.63) is 29.6 Å². The van der Waals surface area contributed by atoms with Crippen molar-refractivity contribution in [2.24, 2.45) is 0 Å². The number of nitrogens with one attached hydrogen (secondary N) is 1. The highest BCUT2D eigenvalue weighted by atomic mass is 16.2. The molecular weight excluding hydrogens is 316 g/mol. The lowest BCUT2D eigenvalue weighted by molar-refractivity contribution is -0.132. The van der Waals surface area contributed by atoms with Crippen molar-refractivity contribution in [1.29, 1.82) is 0 Å². The molecule has 0 atom stereocenters. The Hall–Kier alpha value is -2.37. The molecule has 1 aliphatic rings. The first-order valence-corrected chi connectivity index (χ1v) is 9.18. The summed E-state index contributed by atoms with van der Waals surface area (Å²) in [5.74, 6) is 1.16. The lowest BCUT2D eigenvalue weighted by atomic mass is 10.1. The predicted octanol–water partition coefficient (Wildman–Crippen LogP) is 2.60. The molecule has 1 aliphatic heterocycles. The van der Waals surface area contributed by atoms with Crippen LogP contribution < -0.4 is 0 Å². The average molecular weight is 342 g/mol. The Bertz CT molecular complexity index is 760. The number of carbonyl (C=O) groups is 2. The molecule has 1 aromatic carbocycles. The van der Waals surface area contributed by atoms with Crippen LogP contribution in [0.3, 0.4) is 0 Å². The third-order valence-electron chi connectivity index (χ3n) is 4.78. The van der Waals surface area contributed by atoms with Crippen LogP contribution in [-0.2, 0) is 11.2 Å². The molecule has 6 nitrogen and oxygen atoms in total. The molecule has 0 bridgehead atoms. The van der Waals surface area contributed by atoms with E-state index >= 15 is 0 Å². The molecule has 0 radical (unpaired) electrons. The van der Waals surface area contributed by atoms with Crippen LogP contribution in [0.15, 0.2) is 18.2 Å². The minimum absolute atomic E-state index is 0.0233. The molecule has 3 rings (SSSR count). The van der Waals surface area contributed by atoms with Gasteiger partial charge in [-0.3, -0.25) is 9.59 Å². The van der Waals surface area contributed by atoms with Crippen LogP contribution in [0, 0.1) is 0 Å². The van der Waals surface area contributed by atoms with Gasteiger partial charge in [0.25, 0.3) is 5.91 Å². The van der Waals surface area contributed by atoms with Crippen LogP contribution in [0.2, 0.25) is 0 Å². The van der Waals surface area contributed by atoms with Crippen molar-refractivity contribution in [2.45, 2.75) is 39.5 Å². The van der Waals surface area contributed by atoms with Gasteiger partial charge in [-0.2, -0.15) is 0 Å². The summed E-state index contributed by atoms with van der Waals surface area (Å²) in [5, 5.41) is 0. The number of hydrogen-bond donors (Lipinski definition) is 1. The van der Waals surface area contributed by atoms with E-state index in [0.717, 1.165) is 36.1 Å². The van der Waals surface area contributed by atoms with Gasteiger partial charge in [0.05, 0.1) is 11.0 Å². The smallest absolute Gasteiger partial charge is 0.254 e. The van der Waals surface area contributed by atoms with Crippen molar-refractivity contribution in [2.75, 3.05) is 26.2 Å². The number of benzene rings is 1. The van der Waals surface area contributed by atoms with E-state index in [9.17, 15) is 9.59 Å². The molecule has 0 saturated carbocycles. The molecule has 2 heterocycles. The molecule has 2 aromatic rings. The zero-order valence-corrected chi connectivity index (χ0v) is 15.0. The molecule has 0 aliphatic carbocycles. The largest absolute Gasteiger partial charge is 0.342 e. The Morgan fingerprint density at radius 3 is 2.52 bits per heavy atom. The van der Waals surface area contributed by atoms with Crippen LogP contribution >= 0.6 is 0 Å². The van der Waals surface area contributed by atoms with Gasteiger partial charge in [0, 0.05) is 44.6 Å². The third kappa shape index (κ3) is 3.83. The summed E-state index contributed by atoms with van der Waals surface area (Å²) in [6, 6.07) is 5.61. The normalized spacial score (nSPS) is 15.0. The van der Waals surface area contributed by atoms with E-state index in [0.29, 0.717) is 38.2 Å². The fourth-order valence-electron chi connectivity index (χ4n) is 3.19. The molecular formula is C19H26N4O2. The molecule has 1 aromatic heterocycles. The highest BCUT2D eigenvalue weighted by molar-refractivity contribution is 5.97. The van der Waals surface area contributed by atoms with Crippen LogP contribution in [0.25, 0.3) is 11.0 Å². The standard InChI is InChI=1S/C19H26N4O2/c1-3-5-6-18(24)22-9-11-23(12-10-22)19(25)14-7-8-15-16(13-14)21-17(4-2)20-15/h7-8,13H,3-6,9-12H2,1-2H3,(H,20,21). The number of carbonyl (C=O) groups excluding carboxylic acids is 2. The van der Waals surface area contributed by atoms with Crippen molar-refractivity contribution < 1.29 is 9.59 Å². The lowest BCUT2D eigenvalue weighted by Gasteiger charge is -2.35. The second kappa shape index (κ2) is 7.68. The van der Waals surface area contributed by atoms with Crippen LogP contribution in [0.4, 0.5) is 0 Å². The Morgan fingerprint density at radius 2 is 1.84 bits per heavy atom. The number of fused-ring (bicyclic) bond motifs is 1. The summed E-state index contributed by atoms with van der Waals surface area (Å²) < 4.78 is 0. The van der Waals surface area contributed by atoms with Crippen molar-refractivity contribution in [1.82, 2.24) is 19.8 Å². The van der Waals surface area contributed by atoms with E-state index in [1.54, 1.807) is 0 Å². The average Bonchev–Trinajstić information content (AvgIpc) is 3.08. The van der Waals surface area contributed by atoms with Crippen LogP contribution in [0.1, 0.15) is 49.3 Å². The summed E-state index contributed by atoms with van der Waals surface area (Å²) in [6.07, 6.45) is 3.41. The number of aromatic amines is 1. The minimum Gasteiger partial charge on any atom is -0.342 e. The molecule has 1 saturated heterocycles. The highest BCUT2D eigenvalue weighted by Gasteiger charge is 2.24. The van der Waals surface area contributed by atoms with Gasteiger partial charge in [0.15, 0.2) is 0 Å². The second-order valence-electron chi connectivity index (χ2n) is 6.55. The van der Waals surface area contributed by atoms with Gasteiger partial charge < -0.3 is 14.8 Å². The van der Waals surface area contributed by atoms with E-state index in [1.807, 2.05) is 34.9 Å². The van der Waals surface area contributed by atoms with Gasteiger partial charge in [-0.1, -0.05) is 20.3 Å². The molecule has 6 heteroatoms. The number of imidazole rings is 1. The zero-order valence-electron chi connectivity index (χ0n) is 15.0. The fraction of sp³-hybridized carbons (Fsp3) is 0.526. The zero-order chi connectivity index (χ0) is 17.8. The first-order valence-electron chi connectivity index (χ1n) is 9.18. The third-order valence-corrected chi connectivity index (χ3v) is 4.78. The van der Waals surface area contributed by atoms with Gasteiger partial charge in [0.1, 0.15) is 5.82 Å². The van der Waals surface area contributed by atoms with E-state index in [1.165, 1.54) is 0 Å². The monoisotopic (exact) mass is 342 g/mol. The maximum Gasteiger partial charge on any atom is 0.254 e. The fourth-order valence-corrected chi connectivity index (χ4v) is 3.19. The van der Waals surface area contributed by atoms with E-state index < -0.39 is 0 Å². The van der Waals surface area contributed by atoms with Crippen molar-refractivity contribution >= 4 is 22.8 Å². The first kappa shape index (κ1) is 17.5. The van der Waals surface area contributed by atoms with Gasteiger partial charge in [-0.25, -0.2) is 4.98 Å².